The smallest absolute Gasteiger partial charge is 0.325 e. The minimum absolute atomic E-state index is 0.277. The molecule has 114 valence electrons. The first-order valence-electron chi connectivity index (χ1n) is 5.91. The Hall–Kier alpha value is -1.96. The summed E-state index contributed by atoms with van der Waals surface area (Å²) in [6.45, 7) is 2.76. The molecule has 0 aromatic heterocycles. The first-order valence-corrected chi connectivity index (χ1v) is 6.70. The molecule has 8 heteroatoms. The standard InChI is InChI=1S/C13H14BrFN2O4/c1-13(2,11(19)20)6-10(18)17-12(21)16-9-4-3-7(15)5-8(9)14/h3-5H,6H2,1-2H3,(H,19,20)(H2,16,17,18,21). The second-order valence-electron chi connectivity index (χ2n) is 4.99. The highest BCUT2D eigenvalue weighted by atomic mass is 79.9. The van der Waals surface area contributed by atoms with Crippen LogP contribution in [0, 0.1) is 11.2 Å². The Labute approximate surface area is 128 Å². The van der Waals surface area contributed by atoms with Gasteiger partial charge in [-0.3, -0.25) is 14.9 Å². The molecule has 1 aromatic rings. The van der Waals surface area contributed by atoms with E-state index < -0.39 is 29.1 Å². The number of carbonyl (C=O) groups excluding carboxylic acids is 2. The van der Waals surface area contributed by atoms with E-state index in [4.69, 9.17) is 5.11 Å². The summed E-state index contributed by atoms with van der Waals surface area (Å²) in [5.74, 6) is -2.34. The maximum atomic E-state index is 12.9. The molecule has 0 aliphatic heterocycles. The number of benzene rings is 1. The zero-order valence-corrected chi connectivity index (χ0v) is 13.0. The molecule has 0 heterocycles. The summed E-state index contributed by atoms with van der Waals surface area (Å²) < 4.78 is 13.2. The third-order valence-electron chi connectivity index (χ3n) is 2.61. The van der Waals surface area contributed by atoms with Gasteiger partial charge in [-0.05, 0) is 48.0 Å². The third-order valence-corrected chi connectivity index (χ3v) is 3.27. The lowest BCUT2D eigenvalue weighted by Crippen LogP contribution is -2.38. The van der Waals surface area contributed by atoms with Gasteiger partial charge in [-0.1, -0.05) is 0 Å². The van der Waals surface area contributed by atoms with Crippen LogP contribution in [0.4, 0.5) is 14.9 Å². The highest BCUT2D eigenvalue weighted by Gasteiger charge is 2.30. The van der Waals surface area contributed by atoms with Gasteiger partial charge in [0.25, 0.3) is 0 Å². The lowest BCUT2D eigenvalue weighted by molar-refractivity contribution is -0.149. The van der Waals surface area contributed by atoms with Crippen molar-refractivity contribution in [3.63, 3.8) is 0 Å². The van der Waals surface area contributed by atoms with E-state index >= 15 is 0 Å². The Morgan fingerprint density at radius 2 is 1.95 bits per heavy atom. The summed E-state index contributed by atoms with van der Waals surface area (Å²) in [5.41, 5.74) is -1.000. The zero-order chi connectivity index (χ0) is 16.2. The van der Waals surface area contributed by atoms with Gasteiger partial charge in [0, 0.05) is 10.9 Å². The van der Waals surface area contributed by atoms with Gasteiger partial charge in [-0.15, -0.1) is 0 Å². The molecule has 0 aliphatic carbocycles. The highest BCUT2D eigenvalue weighted by Crippen LogP contribution is 2.23. The number of anilines is 1. The Morgan fingerprint density at radius 1 is 1.33 bits per heavy atom. The van der Waals surface area contributed by atoms with Crippen molar-refractivity contribution in [3.8, 4) is 0 Å². The quantitative estimate of drug-likeness (QED) is 0.769. The number of urea groups is 1. The molecule has 0 bridgehead atoms. The maximum absolute atomic E-state index is 12.9. The fraction of sp³-hybridized carbons (Fsp3) is 0.308. The fourth-order valence-corrected chi connectivity index (χ4v) is 1.84. The Balaban J connectivity index is 2.61. The van der Waals surface area contributed by atoms with Crippen molar-refractivity contribution in [1.29, 1.82) is 0 Å². The van der Waals surface area contributed by atoms with Crippen LogP contribution in [0.15, 0.2) is 22.7 Å². The molecule has 3 amide bonds. The van der Waals surface area contributed by atoms with E-state index in [0.29, 0.717) is 4.47 Å². The van der Waals surface area contributed by atoms with Crippen molar-refractivity contribution in [2.75, 3.05) is 5.32 Å². The van der Waals surface area contributed by atoms with E-state index in [1.165, 1.54) is 19.9 Å². The number of amides is 3. The van der Waals surface area contributed by atoms with Crippen LogP contribution in [0.25, 0.3) is 0 Å². The summed E-state index contributed by atoms with van der Waals surface area (Å²) >= 11 is 3.06. The molecule has 0 spiro atoms. The van der Waals surface area contributed by atoms with Crippen LogP contribution in [0.5, 0.6) is 0 Å². The minimum Gasteiger partial charge on any atom is -0.481 e. The number of carboxylic acid groups (broad SMARTS) is 1. The molecule has 3 N–H and O–H groups in total. The van der Waals surface area contributed by atoms with Crippen LogP contribution in [0.3, 0.4) is 0 Å². The monoisotopic (exact) mass is 360 g/mol. The topological polar surface area (TPSA) is 95.5 Å². The number of imide groups is 1. The van der Waals surface area contributed by atoms with Crippen LogP contribution in [-0.2, 0) is 9.59 Å². The first-order chi connectivity index (χ1) is 9.61. The average molecular weight is 361 g/mol. The molecule has 0 saturated carbocycles. The van der Waals surface area contributed by atoms with Gasteiger partial charge in [0.2, 0.25) is 5.91 Å². The summed E-state index contributed by atoms with van der Waals surface area (Å²) in [4.78, 5) is 34.1. The van der Waals surface area contributed by atoms with E-state index in [1.54, 1.807) is 0 Å². The van der Waals surface area contributed by atoms with E-state index in [-0.39, 0.29) is 12.1 Å². The highest BCUT2D eigenvalue weighted by molar-refractivity contribution is 9.10. The van der Waals surface area contributed by atoms with E-state index in [2.05, 4.69) is 21.2 Å². The van der Waals surface area contributed by atoms with Crippen LogP contribution >= 0.6 is 15.9 Å². The molecule has 0 saturated heterocycles. The third kappa shape index (κ3) is 5.14. The summed E-state index contributed by atoms with van der Waals surface area (Å²) in [7, 11) is 0. The molecule has 0 unspecified atom stereocenters. The predicted molar refractivity (Wildman–Crippen MR) is 77.3 cm³/mol. The average Bonchev–Trinajstić information content (AvgIpc) is 2.31. The minimum atomic E-state index is -1.28. The van der Waals surface area contributed by atoms with Crippen LogP contribution in [-0.4, -0.2) is 23.0 Å². The van der Waals surface area contributed by atoms with Gasteiger partial charge in [-0.25, -0.2) is 9.18 Å². The van der Waals surface area contributed by atoms with Gasteiger partial charge in [-0.2, -0.15) is 0 Å². The van der Waals surface area contributed by atoms with Crippen molar-refractivity contribution in [3.05, 3.63) is 28.5 Å². The zero-order valence-electron chi connectivity index (χ0n) is 11.4. The SMILES string of the molecule is CC(C)(CC(=O)NC(=O)Nc1ccc(F)cc1Br)C(=O)O. The maximum Gasteiger partial charge on any atom is 0.325 e. The molecule has 21 heavy (non-hydrogen) atoms. The second-order valence-corrected chi connectivity index (χ2v) is 5.85. The Kier molecular flexibility index (Phi) is 5.42. The molecule has 1 rings (SSSR count). The second kappa shape index (κ2) is 6.66. The number of aliphatic carboxylic acids is 1. The number of carboxylic acids is 1. The van der Waals surface area contributed by atoms with Gasteiger partial charge in [0.15, 0.2) is 0 Å². The van der Waals surface area contributed by atoms with Gasteiger partial charge in [0.1, 0.15) is 5.82 Å². The van der Waals surface area contributed by atoms with Crippen molar-refractivity contribution in [2.45, 2.75) is 20.3 Å². The Bertz CT molecular complexity index is 590. The lowest BCUT2D eigenvalue weighted by atomic mass is 9.89. The van der Waals surface area contributed by atoms with Crippen molar-refractivity contribution >= 4 is 39.5 Å². The number of rotatable bonds is 4. The van der Waals surface area contributed by atoms with Crippen molar-refractivity contribution in [1.82, 2.24) is 5.32 Å². The van der Waals surface area contributed by atoms with E-state index in [1.807, 2.05) is 5.32 Å². The number of halogens is 2. The predicted octanol–water partition coefficient (Wildman–Crippen LogP) is 2.74. The number of nitrogens with one attached hydrogen (secondary N) is 2. The van der Waals surface area contributed by atoms with Gasteiger partial charge >= 0.3 is 12.0 Å². The van der Waals surface area contributed by atoms with Gasteiger partial charge in [0.05, 0.1) is 11.1 Å². The number of hydrogen-bond acceptors (Lipinski definition) is 3. The molecule has 6 nitrogen and oxygen atoms in total. The van der Waals surface area contributed by atoms with Crippen LogP contribution in [0.2, 0.25) is 0 Å². The molecule has 0 aliphatic rings. The Morgan fingerprint density at radius 3 is 2.48 bits per heavy atom. The largest absolute Gasteiger partial charge is 0.481 e. The summed E-state index contributed by atoms with van der Waals surface area (Å²) in [6.07, 6.45) is -0.347. The molecule has 0 atom stereocenters. The number of carbonyl (C=O) groups is 3. The number of hydrogen-bond donors (Lipinski definition) is 3. The summed E-state index contributed by atoms with van der Waals surface area (Å²) in [5, 5.41) is 13.3. The van der Waals surface area contributed by atoms with Crippen molar-refractivity contribution < 1.29 is 23.9 Å². The van der Waals surface area contributed by atoms with Crippen LogP contribution < -0.4 is 10.6 Å². The normalized spacial score (nSPS) is 10.9. The summed E-state index contributed by atoms with van der Waals surface area (Å²) in [6, 6.07) is 2.80. The molecule has 0 fully saturated rings. The lowest BCUT2D eigenvalue weighted by Gasteiger charge is -2.18. The van der Waals surface area contributed by atoms with E-state index in [9.17, 15) is 18.8 Å². The first kappa shape index (κ1) is 17.1. The molecule has 0 radical (unpaired) electrons. The van der Waals surface area contributed by atoms with E-state index in [0.717, 1.165) is 12.1 Å². The van der Waals surface area contributed by atoms with Crippen LogP contribution in [0.1, 0.15) is 20.3 Å². The molecular formula is C13H14BrFN2O4. The molecular weight excluding hydrogens is 347 g/mol. The van der Waals surface area contributed by atoms with Gasteiger partial charge < -0.3 is 10.4 Å². The molecule has 1 aromatic carbocycles. The van der Waals surface area contributed by atoms with Crippen molar-refractivity contribution in [2.24, 2.45) is 5.41 Å². The fourth-order valence-electron chi connectivity index (χ4n) is 1.39.